The van der Waals surface area contributed by atoms with Gasteiger partial charge in [-0.25, -0.2) is 9.98 Å². The van der Waals surface area contributed by atoms with Crippen molar-refractivity contribution in [2.45, 2.75) is 39.8 Å². The zero-order valence-corrected chi connectivity index (χ0v) is 18.8. The smallest absolute Gasteiger partial charge is 0.239 e. The highest BCUT2D eigenvalue weighted by atomic mass is 16.5. The molecule has 168 valence electrons. The van der Waals surface area contributed by atoms with Crippen LogP contribution in [0.2, 0.25) is 0 Å². The van der Waals surface area contributed by atoms with Crippen molar-refractivity contribution in [3.63, 3.8) is 0 Å². The molecule has 1 amide bonds. The summed E-state index contributed by atoms with van der Waals surface area (Å²) in [5.41, 5.74) is 0.668. The lowest BCUT2D eigenvalue weighted by atomic mass is 10.1. The quantitative estimate of drug-likeness (QED) is 0.306. The molecule has 31 heavy (non-hydrogen) atoms. The van der Waals surface area contributed by atoms with Crippen LogP contribution in [0.5, 0.6) is 11.6 Å². The number of amides is 1. The standard InChI is InChI=1S/C23H33N5O3/c1-5-24-22(27-17-20(29)28-23(2,3)4)26-16-18-11-12-21(25-15-18)31-14-13-30-19-9-7-6-8-10-19/h6-12,15H,5,13-14,16-17H2,1-4H3,(H,28,29)(H2,24,26,27). The average molecular weight is 428 g/mol. The molecule has 0 saturated heterocycles. The fourth-order valence-corrected chi connectivity index (χ4v) is 2.55. The Labute approximate surface area is 184 Å². The Morgan fingerprint density at radius 3 is 2.42 bits per heavy atom. The van der Waals surface area contributed by atoms with Crippen LogP contribution in [0.4, 0.5) is 0 Å². The second-order valence-electron chi connectivity index (χ2n) is 7.86. The van der Waals surface area contributed by atoms with Gasteiger partial charge in [0, 0.05) is 24.3 Å². The SMILES string of the molecule is CCNC(=NCc1ccc(OCCOc2ccccc2)nc1)NCC(=O)NC(C)(C)C. The molecule has 0 radical (unpaired) electrons. The van der Waals surface area contributed by atoms with Crippen molar-refractivity contribution in [1.29, 1.82) is 0 Å². The van der Waals surface area contributed by atoms with Gasteiger partial charge in [-0.3, -0.25) is 4.79 Å². The minimum absolute atomic E-state index is 0.0856. The number of pyridine rings is 1. The molecule has 1 heterocycles. The van der Waals surface area contributed by atoms with E-state index in [9.17, 15) is 4.79 Å². The van der Waals surface area contributed by atoms with Gasteiger partial charge in [-0.15, -0.1) is 0 Å². The molecule has 0 aliphatic carbocycles. The summed E-state index contributed by atoms with van der Waals surface area (Å²) >= 11 is 0. The van der Waals surface area contributed by atoms with E-state index in [2.05, 4.69) is 25.9 Å². The summed E-state index contributed by atoms with van der Waals surface area (Å²) in [7, 11) is 0. The molecule has 0 aliphatic rings. The number of nitrogens with one attached hydrogen (secondary N) is 3. The molecule has 0 bridgehead atoms. The number of aromatic nitrogens is 1. The van der Waals surface area contributed by atoms with Crippen molar-refractivity contribution in [3.05, 3.63) is 54.2 Å². The summed E-state index contributed by atoms with van der Waals surface area (Å²) in [6, 6.07) is 13.3. The van der Waals surface area contributed by atoms with E-state index in [1.165, 1.54) is 0 Å². The summed E-state index contributed by atoms with van der Waals surface area (Å²) < 4.78 is 11.2. The third kappa shape index (κ3) is 10.3. The van der Waals surface area contributed by atoms with Gasteiger partial charge in [0.05, 0.1) is 13.1 Å². The number of para-hydroxylation sites is 1. The van der Waals surface area contributed by atoms with Gasteiger partial charge < -0.3 is 25.4 Å². The number of aliphatic imine (C=N–C) groups is 1. The maximum absolute atomic E-state index is 12.0. The maximum atomic E-state index is 12.0. The number of ether oxygens (including phenoxy) is 2. The Morgan fingerprint density at radius 1 is 1.03 bits per heavy atom. The largest absolute Gasteiger partial charge is 0.490 e. The Hall–Kier alpha value is -3.29. The van der Waals surface area contributed by atoms with Crippen LogP contribution >= 0.6 is 0 Å². The van der Waals surface area contributed by atoms with Crippen molar-refractivity contribution in [1.82, 2.24) is 20.9 Å². The predicted octanol–water partition coefficient (Wildman–Crippen LogP) is 2.51. The minimum Gasteiger partial charge on any atom is -0.490 e. The summed E-state index contributed by atoms with van der Waals surface area (Å²) in [5, 5.41) is 9.08. The first-order chi connectivity index (χ1) is 14.9. The zero-order chi connectivity index (χ0) is 22.5. The average Bonchev–Trinajstić information content (AvgIpc) is 2.73. The zero-order valence-electron chi connectivity index (χ0n) is 18.8. The molecule has 1 aromatic carbocycles. The number of benzene rings is 1. The maximum Gasteiger partial charge on any atom is 0.239 e. The number of carbonyl (C=O) groups excluding carboxylic acids is 1. The van der Waals surface area contributed by atoms with E-state index in [0.717, 1.165) is 11.3 Å². The molecule has 2 rings (SSSR count). The van der Waals surface area contributed by atoms with Crippen LogP contribution in [0.1, 0.15) is 33.3 Å². The van der Waals surface area contributed by atoms with Gasteiger partial charge in [0.1, 0.15) is 19.0 Å². The van der Waals surface area contributed by atoms with Crippen LogP contribution < -0.4 is 25.4 Å². The number of carbonyl (C=O) groups is 1. The lowest BCUT2D eigenvalue weighted by Gasteiger charge is -2.21. The Kier molecular flexibility index (Phi) is 9.61. The molecule has 2 aromatic rings. The second-order valence-corrected chi connectivity index (χ2v) is 7.86. The first kappa shape index (κ1) is 24.0. The van der Waals surface area contributed by atoms with Crippen LogP contribution in [0.15, 0.2) is 53.7 Å². The van der Waals surface area contributed by atoms with Gasteiger partial charge in [-0.2, -0.15) is 0 Å². The predicted molar refractivity (Wildman–Crippen MR) is 122 cm³/mol. The van der Waals surface area contributed by atoms with Gasteiger partial charge in [-0.1, -0.05) is 24.3 Å². The van der Waals surface area contributed by atoms with Crippen molar-refractivity contribution in [2.24, 2.45) is 4.99 Å². The summed E-state index contributed by atoms with van der Waals surface area (Å²) in [6.07, 6.45) is 1.73. The van der Waals surface area contributed by atoms with Crippen LogP contribution in [0.25, 0.3) is 0 Å². The van der Waals surface area contributed by atoms with Crippen molar-refractivity contribution < 1.29 is 14.3 Å². The minimum atomic E-state index is -0.266. The number of hydrogen-bond acceptors (Lipinski definition) is 5. The van der Waals surface area contributed by atoms with Gasteiger partial charge >= 0.3 is 0 Å². The molecule has 8 nitrogen and oxygen atoms in total. The van der Waals surface area contributed by atoms with Crippen LogP contribution in [0.3, 0.4) is 0 Å². The van der Waals surface area contributed by atoms with Crippen molar-refractivity contribution in [2.75, 3.05) is 26.3 Å². The first-order valence-electron chi connectivity index (χ1n) is 10.4. The van der Waals surface area contributed by atoms with Gasteiger partial charge in [0.15, 0.2) is 5.96 Å². The highest BCUT2D eigenvalue weighted by Gasteiger charge is 2.13. The Bertz CT molecular complexity index is 817. The highest BCUT2D eigenvalue weighted by molar-refractivity contribution is 5.86. The molecule has 1 aromatic heterocycles. The molecule has 0 atom stereocenters. The van der Waals surface area contributed by atoms with E-state index in [0.29, 0.717) is 38.1 Å². The number of hydrogen-bond donors (Lipinski definition) is 3. The van der Waals surface area contributed by atoms with Crippen LogP contribution in [-0.4, -0.2) is 48.7 Å². The summed E-state index contributed by atoms with van der Waals surface area (Å²) in [4.78, 5) is 20.8. The highest BCUT2D eigenvalue weighted by Crippen LogP contribution is 2.10. The van der Waals surface area contributed by atoms with Crippen LogP contribution in [0, 0.1) is 0 Å². The van der Waals surface area contributed by atoms with E-state index in [1.54, 1.807) is 6.20 Å². The molecular weight excluding hydrogens is 394 g/mol. The van der Waals surface area contributed by atoms with E-state index in [1.807, 2.05) is 70.2 Å². The third-order valence-electron chi connectivity index (χ3n) is 3.84. The summed E-state index contributed by atoms with van der Waals surface area (Å²) in [6.45, 7) is 9.94. The van der Waals surface area contributed by atoms with E-state index < -0.39 is 0 Å². The fourth-order valence-electron chi connectivity index (χ4n) is 2.55. The van der Waals surface area contributed by atoms with Gasteiger partial charge in [-0.05, 0) is 45.4 Å². The molecule has 8 heteroatoms. The lowest BCUT2D eigenvalue weighted by molar-refractivity contribution is -0.121. The topological polar surface area (TPSA) is 96.9 Å². The Balaban J connectivity index is 1.77. The molecule has 3 N–H and O–H groups in total. The molecular formula is C23H33N5O3. The first-order valence-corrected chi connectivity index (χ1v) is 10.4. The van der Waals surface area contributed by atoms with E-state index in [-0.39, 0.29) is 18.0 Å². The monoisotopic (exact) mass is 427 g/mol. The normalized spacial score (nSPS) is 11.5. The number of guanidine groups is 1. The summed E-state index contributed by atoms with van der Waals surface area (Å²) in [5.74, 6) is 1.84. The molecule has 0 fully saturated rings. The molecule has 0 saturated carbocycles. The van der Waals surface area contributed by atoms with Gasteiger partial charge in [0.25, 0.3) is 0 Å². The third-order valence-corrected chi connectivity index (χ3v) is 3.84. The molecule has 0 aliphatic heterocycles. The van der Waals surface area contributed by atoms with E-state index in [4.69, 9.17) is 9.47 Å². The second kappa shape index (κ2) is 12.4. The fraction of sp³-hybridized carbons (Fsp3) is 0.435. The Morgan fingerprint density at radius 2 is 1.77 bits per heavy atom. The molecule has 0 spiro atoms. The number of nitrogens with zero attached hydrogens (tertiary/aromatic N) is 2. The molecule has 0 unspecified atom stereocenters. The van der Waals surface area contributed by atoms with Crippen molar-refractivity contribution >= 4 is 11.9 Å². The van der Waals surface area contributed by atoms with Crippen molar-refractivity contribution in [3.8, 4) is 11.6 Å². The van der Waals surface area contributed by atoms with Gasteiger partial charge in [0.2, 0.25) is 11.8 Å². The van der Waals surface area contributed by atoms with E-state index >= 15 is 0 Å². The van der Waals surface area contributed by atoms with Crippen LogP contribution in [-0.2, 0) is 11.3 Å². The lowest BCUT2D eigenvalue weighted by Crippen LogP contribution is -2.48. The number of rotatable bonds is 10.